The molecule has 0 saturated carbocycles. The van der Waals surface area contributed by atoms with Gasteiger partial charge in [-0.1, -0.05) is 30.1 Å². The molecule has 0 radical (unpaired) electrons. The van der Waals surface area contributed by atoms with Crippen molar-refractivity contribution in [3.8, 4) is 5.75 Å². The van der Waals surface area contributed by atoms with Gasteiger partial charge in [0, 0.05) is 17.1 Å². The van der Waals surface area contributed by atoms with Crippen molar-refractivity contribution in [2.75, 3.05) is 6.54 Å². The van der Waals surface area contributed by atoms with E-state index in [9.17, 15) is 0 Å². The number of rotatable bonds is 4. The van der Waals surface area contributed by atoms with Crippen molar-refractivity contribution in [1.82, 2.24) is 0 Å². The Bertz CT molecular complexity index is 342. The molecule has 0 amide bonds. The molecule has 0 aliphatic rings. The van der Waals surface area contributed by atoms with Crippen LogP contribution in [0.1, 0.15) is 13.3 Å². The van der Waals surface area contributed by atoms with E-state index < -0.39 is 0 Å². The normalized spacial score (nSPS) is 12.6. The van der Waals surface area contributed by atoms with E-state index in [1.54, 1.807) is 12.1 Å². The summed E-state index contributed by atoms with van der Waals surface area (Å²) in [5.41, 5.74) is 5.54. The Hall–Kier alpha value is 0.0400. The highest BCUT2D eigenvalue weighted by Gasteiger charge is 2.11. The molecule has 0 saturated heterocycles. The van der Waals surface area contributed by atoms with E-state index in [1.807, 2.05) is 6.92 Å². The van der Waals surface area contributed by atoms with E-state index in [2.05, 4.69) is 15.9 Å². The fraction of sp³-hybridized carbons (Fsp3) is 0.400. The van der Waals surface area contributed by atoms with Crippen LogP contribution in [-0.2, 0) is 0 Å². The quantitative estimate of drug-likeness (QED) is 0.857. The molecule has 0 bridgehead atoms. The Kier molecular flexibility index (Phi) is 5.19. The maximum atomic E-state index is 6.01. The van der Waals surface area contributed by atoms with E-state index in [4.69, 9.17) is 33.7 Å². The molecular weight excluding hydrogens is 301 g/mol. The van der Waals surface area contributed by atoms with Gasteiger partial charge in [0.1, 0.15) is 11.9 Å². The second-order valence-corrected chi connectivity index (χ2v) is 4.75. The van der Waals surface area contributed by atoms with Crippen LogP contribution in [0.15, 0.2) is 16.6 Å². The van der Waals surface area contributed by atoms with Gasteiger partial charge in [-0.15, -0.1) is 0 Å². The predicted molar refractivity (Wildman–Crippen MR) is 67.9 cm³/mol. The van der Waals surface area contributed by atoms with Gasteiger partial charge in [0.15, 0.2) is 0 Å². The van der Waals surface area contributed by atoms with Gasteiger partial charge < -0.3 is 10.5 Å². The Labute approximate surface area is 108 Å². The topological polar surface area (TPSA) is 35.2 Å². The van der Waals surface area contributed by atoms with E-state index in [1.165, 1.54) is 0 Å². The number of benzene rings is 1. The lowest BCUT2D eigenvalue weighted by Crippen LogP contribution is -2.25. The van der Waals surface area contributed by atoms with Gasteiger partial charge in [0.2, 0.25) is 0 Å². The number of nitrogens with two attached hydrogens (primary N) is 1. The fourth-order valence-electron chi connectivity index (χ4n) is 1.07. The van der Waals surface area contributed by atoms with Crippen LogP contribution in [0.4, 0.5) is 0 Å². The van der Waals surface area contributed by atoms with Crippen LogP contribution in [0.5, 0.6) is 5.75 Å². The lowest BCUT2D eigenvalue weighted by Gasteiger charge is -2.16. The van der Waals surface area contributed by atoms with Gasteiger partial charge in [0.25, 0.3) is 0 Å². The second kappa shape index (κ2) is 5.94. The molecular formula is C10H12BrCl2NO. The molecule has 1 aromatic rings. The first-order chi connectivity index (χ1) is 7.08. The van der Waals surface area contributed by atoms with Crippen molar-refractivity contribution in [3.63, 3.8) is 0 Å². The highest BCUT2D eigenvalue weighted by molar-refractivity contribution is 9.10. The number of hydrogen-bond acceptors (Lipinski definition) is 2. The van der Waals surface area contributed by atoms with Crippen LogP contribution >= 0.6 is 39.1 Å². The molecule has 1 rings (SSSR count). The first-order valence-electron chi connectivity index (χ1n) is 4.59. The predicted octanol–water partition coefficient (Wildman–Crippen LogP) is 3.87. The van der Waals surface area contributed by atoms with Crippen molar-refractivity contribution < 1.29 is 4.74 Å². The van der Waals surface area contributed by atoms with Crippen LogP contribution in [0, 0.1) is 0 Å². The minimum Gasteiger partial charge on any atom is -0.488 e. The summed E-state index contributed by atoms with van der Waals surface area (Å²) in [5, 5.41) is 1.10. The number of ether oxygens (including phenoxy) is 1. The highest BCUT2D eigenvalue weighted by Crippen LogP contribution is 2.34. The third-order valence-corrected chi connectivity index (χ3v) is 3.48. The molecule has 0 heterocycles. The van der Waals surface area contributed by atoms with Crippen molar-refractivity contribution in [2.45, 2.75) is 19.4 Å². The third kappa shape index (κ3) is 3.52. The minimum absolute atomic E-state index is 0.0280. The van der Waals surface area contributed by atoms with Crippen LogP contribution in [0.3, 0.4) is 0 Å². The lowest BCUT2D eigenvalue weighted by atomic mass is 10.2. The Balaban J connectivity index is 2.89. The molecule has 5 heteroatoms. The molecule has 1 atom stereocenters. The zero-order valence-corrected chi connectivity index (χ0v) is 11.4. The van der Waals surface area contributed by atoms with Gasteiger partial charge in [0.05, 0.1) is 10.0 Å². The van der Waals surface area contributed by atoms with E-state index >= 15 is 0 Å². The van der Waals surface area contributed by atoms with Crippen LogP contribution in [0.25, 0.3) is 0 Å². The highest BCUT2D eigenvalue weighted by atomic mass is 79.9. The molecule has 84 valence electrons. The summed E-state index contributed by atoms with van der Waals surface area (Å²) in [6.07, 6.45) is 0.806. The van der Waals surface area contributed by atoms with Gasteiger partial charge in [-0.25, -0.2) is 0 Å². The maximum Gasteiger partial charge on any atom is 0.139 e. The smallest absolute Gasteiger partial charge is 0.139 e. The van der Waals surface area contributed by atoms with Gasteiger partial charge in [-0.2, -0.15) is 0 Å². The summed E-state index contributed by atoms with van der Waals surface area (Å²) in [6, 6.07) is 3.40. The Morgan fingerprint density at radius 2 is 2.07 bits per heavy atom. The van der Waals surface area contributed by atoms with Crippen molar-refractivity contribution in [1.29, 1.82) is 0 Å². The molecule has 15 heavy (non-hydrogen) atoms. The third-order valence-electron chi connectivity index (χ3n) is 1.99. The minimum atomic E-state index is -0.0280. The molecule has 0 aliphatic carbocycles. The molecule has 0 fully saturated rings. The summed E-state index contributed by atoms with van der Waals surface area (Å²) < 4.78 is 6.37. The van der Waals surface area contributed by atoms with Crippen molar-refractivity contribution in [2.24, 2.45) is 5.73 Å². The summed E-state index contributed by atoms with van der Waals surface area (Å²) in [7, 11) is 0. The average Bonchev–Trinajstić information content (AvgIpc) is 2.21. The van der Waals surface area contributed by atoms with Gasteiger partial charge >= 0.3 is 0 Å². The van der Waals surface area contributed by atoms with E-state index in [0.717, 1.165) is 10.9 Å². The first kappa shape index (κ1) is 13.1. The molecule has 1 aromatic carbocycles. The van der Waals surface area contributed by atoms with Crippen LogP contribution in [0.2, 0.25) is 10.0 Å². The lowest BCUT2D eigenvalue weighted by molar-refractivity contribution is 0.205. The zero-order valence-electron chi connectivity index (χ0n) is 8.27. The van der Waals surface area contributed by atoms with E-state index in [-0.39, 0.29) is 6.10 Å². The van der Waals surface area contributed by atoms with Gasteiger partial charge in [-0.3, -0.25) is 0 Å². The Morgan fingerprint density at radius 1 is 1.40 bits per heavy atom. The summed E-state index contributed by atoms with van der Waals surface area (Å²) in [5.74, 6) is 0.571. The van der Waals surface area contributed by atoms with Crippen LogP contribution in [-0.4, -0.2) is 12.6 Å². The molecule has 0 spiro atoms. The van der Waals surface area contributed by atoms with E-state index in [0.29, 0.717) is 22.3 Å². The first-order valence-corrected chi connectivity index (χ1v) is 6.14. The Morgan fingerprint density at radius 3 is 2.60 bits per heavy atom. The van der Waals surface area contributed by atoms with Crippen molar-refractivity contribution in [3.05, 3.63) is 26.7 Å². The summed E-state index contributed by atoms with van der Waals surface area (Å²) >= 11 is 15.2. The fourth-order valence-corrected chi connectivity index (χ4v) is 1.91. The number of halogens is 3. The monoisotopic (exact) mass is 311 g/mol. The zero-order chi connectivity index (χ0) is 11.4. The number of hydrogen-bond donors (Lipinski definition) is 1. The van der Waals surface area contributed by atoms with Crippen LogP contribution < -0.4 is 10.5 Å². The summed E-state index contributed by atoms with van der Waals surface area (Å²) in [4.78, 5) is 0. The summed E-state index contributed by atoms with van der Waals surface area (Å²) in [6.45, 7) is 2.46. The SMILES string of the molecule is CCC(CN)Oc1cc(Cl)c(Br)cc1Cl. The van der Waals surface area contributed by atoms with Gasteiger partial charge in [-0.05, 0) is 28.4 Å². The molecule has 2 N–H and O–H groups in total. The standard InChI is InChI=1S/C10H12BrCl2NO/c1-2-6(5-14)15-10-4-8(12)7(11)3-9(10)13/h3-4,6H,2,5,14H2,1H3. The van der Waals surface area contributed by atoms with Crippen molar-refractivity contribution >= 4 is 39.1 Å². The molecule has 0 aliphatic heterocycles. The molecule has 0 aromatic heterocycles. The largest absolute Gasteiger partial charge is 0.488 e. The molecule has 2 nitrogen and oxygen atoms in total. The second-order valence-electron chi connectivity index (χ2n) is 3.08. The average molecular weight is 313 g/mol. The maximum absolute atomic E-state index is 6.01. The molecule has 1 unspecified atom stereocenters.